The third-order valence-electron chi connectivity index (χ3n) is 3.63. The predicted octanol–water partition coefficient (Wildman–Crippen LogP) is 4.28. The van der Waals surface area contributed by atoms with Gasteiger partial charge in [-0.05, 0) is 24.3 Å². The van der Waals surface area contributed by atoms with Crippen molar-refractivity contribution in [3.05, 3.63) is 57.7 Å². The minimum Gasteiger partial charge on any atom is -0.478 e. The molecule has 3 rings (SSSR count). The molecule has 5 nitrogen and oxygen atoms in total. The van der Waals surface area contributed by atoms with Gasteiger partial charge in [0.05, 0.1) is 27.9 Å². The van der Waals surface area contributed by atoms with Gasteiger partial charge in [-0.15, -0.1) is 0 Å². The lowest BCUT2D eigenvalue weighted by Gasteiger charge is -2.20. The number of aliphatic carboxylic acids is 1. The van der Waals surface area contributed by atoms with E-state index in [2.05, 4.69) is 10.4 Å². The number of carboxylic acids is 1. The number of allylic oxidation sites excluding steroid dienone is 1. The average molecular weight is 404 g/mol. The van der Waals surface area contributed by atoms with E-state index in [9.17, 15) is 18.0 Å². The molecule has 1 aromatic carbocycles. The lowest BCUT2D eigenvalue weighted by atomic mass is 10.1. The molecule has 0 radical (unpaired) electrons. The SMILES string of the molecule is O=C(O)C1=C(C(F)(F)F)NN(c2cccc(-c3ccc(Cl)c(Cl)c3)n2)C1. The van der Waals surface area contributed by atoms with Gasteiger partial charge in [-0.3, -0.25) is 10.4 Å². The molecule has 1 aromatic heterocycles. The van der Waals surface area contributed by atoms with Crippen LogP contribution in [-0.2, 0) is 4.79 Å². The van der Waals surface area contributed by atoms with E-state index in [0.29, 0.717) is 21.3 Å². The zero-order chi connectivity index (χ0) is 19.1. The summed E-state index contributed by atoms with van der Waals surface area (Å²) in [4.78, 5) is 15.4. The molecule has 0 unspecified atom stereocenters. The van der Waals surface area contributed by atoms with Crippen molar-refractivity contribution in [3.63, 3.8) is 0 Å². The molecule has 0 saturated heterocycles. The van der Waals surface area contributed by atoms with Crippen LogP contribution < -0.4 is 10.4 Å². The number of anilines is 1. The standard InChI is InChI=1S/C16H10Cl2F3N3O2/c17-10-5-4-8(6-11(10)18)12-2-1-3-13(22-12)24-7-9(15(25)26)14(23-24)16(19,20)21/h1-6,23H,7H2,(H,25,26). The molecule has 2 aromatic rings. The van der Waals surface area contributed by atoms with Crippen LogP contribution in [0.5, 0.6) is 0 Å². The molecule has 2 N–H and O–H groups in total. The lowest BCUT2D eigenvalue weighted by molar-refractivity contribution is -0.134. The van der Waals surface area contributed by atoms with E-state index in [0.717, 1.165) is 5.01 Å². The first-order chi connectivity index (χ1) is 12.2. The topological polar surface area (TPSA) is 65.5 Å². The minimum absolute atomic E-state index is 0.131. The van der Waals surface area contributed by atoms with Crippen LogP contribution in [0.4, 0.5) is 19.0 Å². The first-order valence-electron chi connectivity index (χ1n) is 7.17. The second-order valence-electron chi connectivity index (χ2n) is 5.36. The van der Waals surface area contributed by atoms with Crippen molar-refractivity contribution >= 4 is 35.0 Å². The molecule has 0 aliphatic carbocycles. The summed E-state index contributed by atoms with van der Waals surface area (Å²) in [6.45, 7) is -0.484. The van der Waals surface area contributed by atoms with Crippen LogP contribution in [0.3, 0.4) is 0 Å². The van der Waals surface area contributed by atoms with Crippen molar-refractivity contribution in [2.24, 2.45) is 0 Å². The van der Waals surface area contributed by atoms with Crippen LogP contribution in [0.25, 0.3) is 11.3 Å². The van der Waals surface area contributed by atoms with Gasteiger partial charge in [-0.25, -0.2) is 9.78 Å². The molecule has 1 aliphatic heterocycles. The minimum atomic E-state index is -4.82. The van der Waals surface area contributed by atoms with Gasteiger partial charge in [-0.1, -0.05) is 35.3 Å². The monoisotopic (exact) mass is 403 g/mol. The van der Waals surface area contributed by atoms with E-state index in [-0.39, 0.29) is 5.82 Å². The number of aromatic nitrogens is 1. The van der Waals surface area contributed by atoms with Crippen LogP contribution in [0, 0.1) is 0 Å². The maximum atomic E-state index is 13.0. The van der Waals surface area contributed by atoms with Gasteiger partial charge in [0.25, 0.3) is 0 Å². The highest BCUT2D eigenvalue weighted by atomic mass is 35.5. The number of carbonyl (C=O) groups is 1. The first-order valence-corrected chi connectivity index (χ1v) is 7.92. The van der Waals surface area contributed by atoms with Crippen LogP contribution >= 0.6 is 23.2 Å². The number of carboxylic acid groups (broad SMARTS) is 1. The van der Waals surface area contributed by atoms with Gasteiger partial charge >= 0.3 is 12.1 Å². The fourth-order valence-electron chi connectivity index (χ4n) is 2.42. The van der Waals surface area contributed by atoms with Crippen molar-refractivity contribution in [2.45, 2.75) is 6.18 Å². The summed E-state index contributed by atoms with van der Waals surface area (Å²) >= 11 is 11.8. The number of hydrazine groups is 1. The summed E-state index contributed by atoms with van der Waals surface area (Å²) in [6, 6.07) is 9.53. The molecule has 1 aliphatic rings. The van der Waals surface area contributed by atoms with E-state index < -0.39 is 30.0 Å². The highest BCUT2D eigenvalue weighted by Crippen LogP contribution is 2.33. The van der Waals surface area contributed by atoms with Crippen molar-refractivity contribution in [1.29, 1.82) is 0 Å². The average Bonchev–Trinajstić information content (AvgIpc) is 3.03. The number of nitrogens with zero attached hydrogens (tertiary/aromatic N) is 2. The largest absolute Gasteiger partial charge is 0.478 e. The quantitative estimate of drug-likeness (QED) is 0.800. The number of hydrogen-bond donors (Lipinski definition) is 2. The molecule has 10 heteroatoms. The summed E-state index contributed by atoms with van der Waals surface area (Å²) in [7, 11) is 0. The summed E-state index contributed by atoms with van der Waals surface area (Å²) in [5.74, 6) is -1.51. The molecule has 0 amide bonds. The highest BCUT2D eigenvalue weighted by Gasteiger charge is 2.43. The summed E-state index contributed by atoms with van der Waals surface area (Å²) in [5, 5.41) is 10.7. The third kappa shape index (κ3) is 3.56. The third-order valence-corrected chi connectivity index (χ3v) is 4.37. The molecule has 26 heavy (non-hydrogen) atoms. The van der Waals surface area contributed by atoms with Crippen LogP contribution in [0.15, 0.2) is 47.7 Å². The van der Waals surface area contributed by atoms with Gasteiger partial charge in [0.15, 0.2) is 0 Å². The Morgan fingerprint density at radius 3 is 2.50 bits per heavy atom. The second-order valence-corrected chi connectivity index (χ2v) is 6.18. The maximum Gasteiger partial charge on any atom is 0.433 e. The van der Waals surface area contributed by atoms with Gasteiger partial charge < -0.3 is 5.11 Å². The molecule has 136 valence electrons. The lowest BCUT2D eigenvalue weighted by Crippen LogP contribution is -2.36. The first kappa shape index (κ1) is 18.3. The van der Waals surface area contributed by atoms with Crippen LogP contribution in [0.2, 0.25) is 10.0 Å². The summed E-state index contributed by atoms with van der Waals surface area (Å²) < 4.78 is 39.1. The number of nitrogens with one attached hydrogen (secondary N) is 1. The number of halogens is 5. The Hall–Kier alpha value is -2.45. The van der Waals surface area contributed by atoms with Gasteiger partial charge in [-0.2, -0.15) is 13.2 Å². The molecular weight excluding hydrogens is 394 g/mol. The number of rotatable bonds is 3. The molecule has 0 fully saturated rings. The molecule has 2 heterocycles. The maximum absolute atomic E-state index is 13.0. The Labute approximate surface area is 155 Å². The second kappa shape index (κ2) is 6.69. The van der Waals surface area contributed by atoms with E-state index in [1.807, 2.05) is 0 Å². The zero-order valence-corrected chi connectivity index (χ0v) is 14.3. The Kier molecular flexibility index (Phi) is 4.72. The molecule has 0 bridgehead atoms. The van der Waals surface area contributed by atoms with Crippen molar-refractivity contribution in [1.82, 2.24) is 10.4 Å². The summed E-state index contributed by atoms with van der Waals surface area (Å²) in [6.07, 6.45) is -4.82. The molecular formula is C16H10Cl2F3N3O2. The van der Waals surface area contributed by atoms with E-state index in [1.54, 1.807) is 30.3 Å². The Bertz CT molecular complexity index is 916. The van der Waals surface area contributed by atoms with Gasteiger partial charge in [0, 0.05) is 5.56 Å². The summed E-state index contributed by atoms with van der Waals surface area (Å²) in [5.41, 5.74) is 1.04. The number of hydrogen-bond acceptors (Lipinski definition) is 4. The Morgan fingerprint density at radius 1 is 1.19 bits per heavy atom. The Balaban J connectivity index is 1.92. The predicted molar refractivity (Wildman–Crippen MR) is 90.9 cm³/mol. The van der Waals surface area contributed by atoms with E-state index in [1.165, 1.54) is 6.07 Å². The smallest absolute Gasteiger partial charge is 0.433 e. The number of benzene rings is 1. The fourth-order valence-corrected chi connectivity index (χ4v) is 2.71. The van der Waals surface area contributed by atoms with E-state index >= 15 is 0 Å². The van der Waals surface area contributed by atoms with Gasteiger partial charge in [0.1, 0.15) is 11.5 Å². The molecule has 0 spiro atoms. The van der Waals surface area contributed by atoms with Gasteiger partial charge in [0.2, 0.25) is 0 Å². The normalized spacial score (nSPS) is 14.6. The highest BCUT2D eigenvalue weighted by molar-refractivity contribution is 6.42. The van der Waals surface area contributed by atoms with Crippen molar-refractivity contribution in [3.8, 4) is 11.3 Å². The number of pyridine rings is 1. The zero-order valence-electron chi connectivity index (χ0n) is 12.8. The van der Waals surface area contributed by atoms with Crippen molar-refractivity contribution < 1.29 is 23.1 Å². The molecule has 0 atom stereocenters. The molecule has 0 saturated carbocycles. The number of alkyl halides is 3. The van der Waals surface area contributed by atoms with Crippen molar-refractivity contribution in [2.75, 3.05) is 11.6 Å². The van der Waals surface area contributed by atoms with Crippen LogP contribution in [0.1, 0.15) is 0 Å². The van der Waals surface area contributed by atoms with Crippen LogP contribution in [-0.4, -0.2) is 28.8 Å². The fraction of sp³-hybridized carbons (Fsp3) is 0.125. The van der Waals surface area contributed by atoms with E-state index in [4.69, 9.17) is 28.3 Å². The Morgan fingerprint density at radius 2 is 1.92 bits per heavy atom.